The molecule has 2 heterocycles. The lowest BCUT2D eigenvalue weighted by atomic mass is 9.96. The van der Waals surface area contributed by atoms with E-state index in [0.717, 1.165) is 39.5 Å². The van der Waals surface area contributed by atoms with Crippen LogP contribution in [0.25, 0.3) is 27.5 Å². The van der Waals surface area contributed by atoms with Gasteiger partial charge in [0.25, 0.3) is 0 Å². The van der Waals surface area contributed by atoms with Gasteiger partial charge in [0.2, 0.25) is 10.0 Å². The van der Waals surface area contributed by atoms with Crippen molar-refractivity contribution in [2.75, 3.05) is 0 Å². The lowest BCUT2D eigenvalue weighted by molar-refractivity contribution is 0.553. The zero-order chi connectivity index (χ0) is 25.0. The van der Waals surface area contributed by atoms with Gasteiger partial charge in [0.1, 0.15) is 10.6 Å². The van der Waals surface area contributed by atoms with E-state index in [-0.39, 0.29) is 0 Å². The van der Waals surface area contributed by atoms with Gasteiger partial charge in [-0.3, -0.25) is 0 Å². The molecule has 1 atom stereocenters. The van der Waals surface area contributed by atoms with Crippen molar-refractivity contribution in [1.29, 1.82) is 5.26 Å². The minimum Gasteiger partial charge on any atom is -0.338 e. The van der Waals surface area contributed by atoms with Gasteiger partial charge >= 0.3 is 0 Å². The highest BCUT2D eigenvalue weighted by atomic mass is 32.2. The van der Waals surface area contributed by atoms with Gasteiger partial charge in [0.05, 0.1) is 28.2 Å². The second kappa shape index (κ2) is 8.10. The molecule has 1 unspecified atom stereocenters. The van der Waals surface area contributed by atoms with Crippen molar-refractivity contribution in [2.24, 2.45) is 0 Å². The number of hydrogen-bond acceptors (Lipinski definition) is 4. The average molecular weight is 483 g/mol. The molecule has 5 rings (SSSR count). The number of benzene rings is 2. The van der Waals surface area contributed by atoms with Crippen molar-refractivity contribution in [3.8, 4) is 6.07 Å². The SMILES string of the molecule is C=C(c1nc2ccc(C#N)cc2[nH]1)c1ccc(C)c2c1ccn2S(=O)(=O)C1(C)C=C(CC)C=CC1. The van der Waals surface area contributed by atoms with Gasteiger partial charge in [-0.05, 0) is 62.1 Å². The molecular weight excluding hydrogens is 456 g/mol. The van der Waals surface area contributed by atoms with Crippen LogP contribution in [0.5, 0.6) is 0 Å². The van der Waals surface area contributed by atoms with Gasteiger partial charge < -0.3 is 4.98 Å². The maximum atomic E-state index is 13.9. The Labute approximate surface area is 205 Å². The van der Waals surface area contributed by atoms with Crippen molar-refractivity contribution in [1.82, 2.24) is 13.9 Å². The molecule has 1 aliphatic carbocycles. The number of nitrogens with zero attached hydrogens (tertiary/aromatic N) is 3. The van der Waals surface area contributed by atoms with E-state index in [4.69, 9.17) is 0 Å². The molecule has 176 valence electrons. The molecule has 1 N–H and O–H groups in total. The molecule has 7 heteroatoms. The molecule has 0 spiro atoms. The maximum absolute atomic E-state index is 13.9. The molecule has 0 saturated carbocycles. The topological polar surface area (TPSA) is 91.5 Å². The van der Waals surface area contributed by atoms with E-state index in [1.807, 2.05) is 50.3 Å². The molecule has 2 aromatic heterocycles. The van der Waals surface area contributed by atoms with Gasteiger partial charge in [-0.15, -0.1) is 0 Å². The summed E-state index contributed by atoms with van der Waals surface area (Å²) in [6, 6.07) is 13.1. The molecule has 35 heavy (non-hydrogen) atoms. The molecule has 4 aromatic rings. The van der Waals surface area contributed by atoms with Crippen LogP contribution in [0.15, 0.2) is 73.0 Å². The Morgan fingerprint density at radius 2 is 2.09 bits per heavy atom. The molecule has 2 aromatic carbocycles. The molecule has 0 radical (unpaired) electrons. The molecule has 0 bridgehead atoms. The summed E-state index contributed by atoms with van der Waals surface area (Å²) in [7, 11) is -3.74. The average Bonchev–Trinajstić information content (AvgIpc) is 3.49. The lowest BCUT2D eigenvalue weighted by Gasteiger charge is -2.29. The van der Waals surface area contributed by atoms with E-state index in [9.17, 15) is 13.7 Å². The number of rotatable bonds is 5. The molecular formula is C28H26N4O2S. The summed E-state index contributed by atoms with van der Waals surface area (Å²) in [6.45, 7) is 10.0. The number of nitriles is 1. The summed E-state index contributed by atoms with van der Waals surface area (Å²) >= 11 is 0. The van der Waals surface area contributed by atoms with Gasteiger partial charge in [0, 0.05) is 17.2 Å². The van der Waals surface area contributed by atoms with Gasteiger partial charge in [0.15, 0.2) is 0 Å². The molecule has 0 amide bonds. The fourth-order valence-corrected chi connectivity index (χ4v) is 6.54. The first-order valence-electron chi connectivity index (χ1n) is 11.5. The Morgan fingerprint density at radius 3 is 2.83 bits per heavy atom. The number of aromatic nitrogens is 3. The monoisotopic (exact) mass is 482 g/mol. The fourth-order valence-electron chi connectivity index (χ4n) is 4.78. The second-order valence-corrected chi connectivity index (χ2v) is 11.5. The van der Waals surface area contributed by atoms with E-state index in [0.29, 0.717) is 28.9 Å². The summed E-state index contributed by atoms with van der Waals surface area (Å²) in [5.41, 5.74) is 6.02. The minimum absolute atomic E-state index is 0.424. The van der Waals surface area contributed by atoms with E-state index in [1.54, 1.807) is 31.3 Å². The number of H-pyrrole nitrogens is 1. The Morgan fingerprint density at radius 1 is 1.29 bits per heavy atom. The highest BCUT2D eigenvalue weighted by molar-refractivity contribution is 7.91. The normalized spacial score (nSPS) is 18.1. The Balaban J connectivity index is 1.63. The van der Waals surface area contributed by atoms with Crippen molar-refractivity contribution in [3.63, 3.8) is 0 Å². The number of hydrogen-bond donors (Lipinski definition) is 1. The quantitative estimate of drug-likeness (QED) is 0.378. The summed E-state index contributed by atoms with van der Waals surface area (Å²) < 4.78 is 28.3. The largest absolute Gasteiger partial charge is 0.338 e. The van der Waals surface area contributed by atoms with Crippen LogP contribution in [0.3, 0.4) is 0 Å². The zero-order valence-corrected chi connectivity index (χ0v) is 20.8. The summed E-state index contributed by atoms with van der Waals surface area (Å²) in [5.74, 6) is 0.579. The fraction of sp³-hybridized carbons (Fsp3) is 0.214. The lowest BCUT2D eigenvalue weighted by Crippen LogP contribution is -2.38. The number of fused-ring (bicyclic) bond motifs is 2. The van der Waals surface area contributed by atoms with Gasteiger partial charge in [-0.2, -0.15) is 5.26 Å². The van der Waals surface area contributed by atoms with Gasteiger partial charge in [-0.25, -0.2) is 17.4 Å². The number of nitrogens with one attached hydrogen (secondary N) is 1. The van der Waals surface area contributed by atoms with Crippen LogP contribution >= 0.6 is 0 Å². The van der Waals surface area contributed by atoms with E-state index in [2.05, 4.69) is 22.6 Å². The van der Waals surface area contributed by atoms with Crippen LogP contribution in [-0.2, 0) is 10.0 Å². The number of imidazole rings is 1. The molecule has 6 nitrogen and oxygen atoms in total. The molecule has 0 aliphatic heterocycles. The summed E-state index contributed by atoms with van der Waals surface area (Å²) in [6.07, 6.45) is 8.69. The Bertz CT molecular complexity index is 1730. The molecule has 1 aliphatic rings. The van der Waals surface area contributed by atoms with Crippen molar-refractivity contribution >= 4 is 37.5 Å². The standard InChI is InChI=1S/C28H26N4O2S/c1-5-20-7-6-13-28(4,16-20)35(33,34)32-14-12-23-22(10-8-18(2)26(23)32)19(3)27-30-24-11-9-21(17-29)15-25(24)31-27/h6-12,14-16H,3,5,13H2,1-2,4H3,(H,30,31). The smallest absolute Gasteiger partial charge is 0.248 e. The zero-order valence-electron chi connectivity index (χ0n) is 20.0. The number of allylic oxidation sites excluding steroid dienone is 3. The van der Waals surface area contributed by atoms with Crippen LogP contribution < -0.4 is 0 Å². The third-order valence-electron chi connectivity index (χ3n) is 6.84. The summed E-state index contributed by atoms with van der Waals surface area (Å²) in [5, 5.41) is 9.98. The maximum Gasteiger partial charge on any atom is 0.248 e. The Hall–Kier alpha value is -3.89. The Kier molecular flexibility index (Phi) is 5.30. The van der Waals surface area contributed by atoms with Crippen LogP contribution in [-0.4, -0.2) is 27.1 Å². The predicted molar refractivity (Wildman–Crippen MR) is 140 cm³/mol. The molecule has 0 saturated heterocycles. The van der Waals surface area contributed by atoms with Crippen LogP contribution in [0.4, 0.5) is 0 Å². The van der Waals surface area contributed by atoms with Crippen molar-refractivity contribution in [2.45, 2.75) is 38.4 Å². The first kappa shape index (κ1) is 22.9. The first-order chi connectivity index (χ1) is 16.7. The van der Waals surface area contributed by atoms with Crippen LogP contribution in [0, 0.1) is 18.3 Å². The predicted octanol–water partition coefficient (Wildman–Crippen LogP) is 5.99. The van der Waals surface area contributed by atoms with E-state index in [1.165, 1.54) is 3.97 Å². The van der Waals surface area contributed by atoms with E-state index >= 15 is 0 Å². The molecule has 0 fully saturated rings. The minimum atomic E-state index is -3.74. The van der Waals surface area contributed by atoms with Crippen molar-refractivity contribution < 1.29 is 8.42 Å². The number of aromatic amines is 1. The van der Waals surface area contributed by atoms with E-state index < -0.39 is 14.8 Å². The summed E-state index contributed by atoms with van der Waals surface area (Å²) in [4.78, 5) is 7.90. The highest BCUT2D eigenvalue weighted by Crippen LogP contribution is 2.37. The highest BCUT2D eigenvalue weighted by Gasteiger charge is 2.40. The second-order valence-electron chi connectivity index (χ2n) is 9.21. The van der Waals surface area contributed by atoms with Crippen LogP contribution in [0.1, 0.15) is 49.2 Å². The third-order valence-corrected chi connectivity index (χ3v) is 9.13. The van der Waals surface area contributed by atoms with Gasteiger partial charge in [-0.1, -0.05) is 49.4 Å². The third kappa shape index (κ3) is 3.53. The van der Waals surface area contributed by atoms with Crippen LogP contribution in [0.2, 0.25) is 0 Å². The number of aryl methyl sites for hydroxylation is 1. The van der Waals surface area contributed by atoms with Crippen molar-refractivity contribution in [3.05, 3.63) is 95.5 Å². The first-order valence-corrected chi connectivity index (χ1v) is 13.0.